The minimum Gasteiger partial charge on any atom is -0.339 e. The van der Waals surface area contributed by atoms with E-state index in [1.165, 1.54) is 17.4 Å². The van der Waals surface area contributed by atoms with E-state index in [1.807, 2.05) is 36.6 Å². The van der Waals surface area contributed by atoms with Crippen LogP contribution in [-0.4, -0.2) is 16.2 Å². The molecule has 84 valence electrons. The van der Waals surface area contributed by atoms with Crippen LogP contribution in [0.4, 0.5) is 11.5 Å². The fourth-order valence-electron chi connectivity index (χ4n) is 1.32. The number of nitrogens with one attached hydrogen (secondary N) is 1. The number of rotatable bonds is 3. The second kappa shape index (κ2) is 5.32. The molecule has 5 heteroatoms. The average molecular weight is 242 g/mol. The molecule has 0 bridgehead atoms. The van der Waals surface area contributed by atoms with E-state index < -0.39 is 0 Å². The summed E-state index contributed by atoms with van der Waals surface area (Å²) in [7, 11) is 0. The molecule has 17 heavy (non-hydrogen) atoms. The SMILES string of the molecule is CSc1ccc(Nc2ncncc2C#N)cc1. The summed E-state index contributed by atoms with van der Waals surface area (Å²) >= 11 is 1.69. The van der Waals surface area contributed by atoms with E-state index in [2.05, 4.69) is 15.3 Å². The van der Waals surface area contributed by atoms with Gasteiger partial charge in [-0.15, -0.1) is 11.8 Å². The molecule has 0 unspecified atom stereocenters. The van der Waals surface area contributed by atoms with E-state index in [-0.39, 0.29) is 0 Å². The molecule has 0 saturated carbocycles. The first-order valence-electron chi connectivity index (χ1n) is 4.94. The van der Waals surface area contributed by atoms with Gasteiger partial charge in [-0.3, -0.25) is 0 Å². The van der Waals surface area contributed by atoms with E-state index >= 15 is 0 Å². The molecular weight excluding hydrogens is 232 g/mol. The molecule has 1 aromatic carbocycles. The van der Waals surface area contributed by atoms with Crippen molar-refractivity contribution in [2.75, 3.05) is 11.6 Å². The van der Waals surface area contributed by atoms with Gasteiger partial charge in [0.05, 0.1) is 6.20 Å². The number of hydrogen-bond donors (Lipinski definition) is 1. The smallest absolute Gasteiger partial charge is 0.151 e. The predicted octanol–water partition coefficient (Wildman–Crippen LogP) is 2.81. The Bertz CT molecular complexity index is 545. The largest absolute Gasteiger partial charge is 0.339 e. The first-order chi connectivity index (χ1) is 8.33. The summed E-state index contributed by atoms with van der Waals surface area (Å²) < 4.78 is 0. The first kappa shape index (κ1) is 11.4. The zero-order chi connectivity index (χ0) is 12.1. The summed E-state index contributed by atoms with van der Waals surface area (Å²) in [6, 6.07) is 9.98. The van der Waals surface area contributed by atoms with Crippen molar-refractivity contribution in [1.29, 1.82) is 5.26 Å². The van der Waals surface area contributed by atoms with Crippen molar-refractivity contribution in [2.24, 2.45) is 0 Å². The molecule has 1 aromatic heterocycles. The third-order valence-electron chi connectivity index (χ3n) is 2.19. The van der Waals surface area contributed by atoms with Gasteiger partial charge in [0.15, 0.2) is 5.82 Å². The van der Waals surface area contributed by atoms with Crippen molar-refractivity contribution >= 4 is 23.3 Å². The van der Waals surface area contributed by atoms with Crippen LogP contribution in [0, 0.1) is 11.3 Å². The molecule has 1 heterocycles. The van der Waals surface area contributed by atoms with Crippen molar-refractivity contribution in [2.45, 2.75) is 4.90 Å². The Hall–Kier alpha value is -2.06. The zero-order valence-corrected chi connectivity index (χ0v) is 10.0. The maximum atomic E-state index is 8.91. The quantitative estimate of drug-likeness (QED) is 0.838. The van der Waals surface area contributed by atoms with Gasteiger partial charge >= 0.3 is 0 Å². The van der Waals surface area contributed by atoms with Gasteiger partial charge in [-0.05, 0) is 30.5 Å². The average Bonchev–Trinajstić information content (AvgIpc) is 2.40. The molecule has 0 saturated heterocycles. The van der Waals surface area contributed by atoms with Gasteiger partial charge in [0.25, 0.3) is 0 Å². The molecule has 2 aromatic rings. The van der Waals surface area contributed by atoms with Crippen molar-refractivity contribution in [3.05, 3.63) is 42.4 Å². The maximum absolute atomic E-state index is 8.91. The molecule has 0 amide bonds. The summed E-state index contributed by atoms with van der Waals surface area (Å²) in [6.07, 6.45) is 4.94. The minimum absolute atomic E-state index is 0.432. The van der Waals surface area contributed by atoms with Crippen molar-refractivity contribution in [3.63, 3.8) is 0 Å². The molecular formula is C12H10N4S. The Morgan fingerprint density at radius 2 is 2.06 bits per heavy atom. The van der Waals surface area contributed by atoms with Crippen LogP contribution in [0.5, 0.6) is 0 Å². The molecule has 2 rings (SSSR count). The van der Waals surface area contributed by atoms with Crippen LogP contribution >= 0.6 is 11.8 Å². The molecule has 0 atom stereocenters. The van der Waals surface area contributed by atoms with Crippen LogP contribution in [0.25, 0.3) is 0 Å². The summed E-state index contributed by atoms with van der Waals surface area (Å²) in [5.74, 6) is 0.527. The van der Waals surface area contributed by atoms with E-state index in [0.717, 1.165) is 5.69 Å². The number of nitrogens with zero attached hydrogens (tertiary/aromatic N) is 3. The van der Waals surface area contributed by atoms with Crippen LogP contribution in [-0.2, 0) is 0 Å². The third kappa shape index (κ3) is 2.74. The molecule has 0 spiro atoms. The lowest BCUT2D eigenvalue weighted by molar-refractivity contribution is 1.15. The van der Waals surface area contributed by atoms with Crippen molar-refractivity contribution in [3.8, 4) is 6.07 Å². The highest BCUT2D eigenvalue weighted by atomic mass is 32.2. The van der Waals surface area contributed by atoms with Gasteiger partial charge in [-0.2, -0.15) is 5.26 Å². The van der Waals surface area contributed by atoms with Crippen molar-refractivity contribution < 1.29 is 0 Å². The lowest BCUT2D eigenvalue weighted by Gasteiger charge is -2.06. The van der Waals surface area contributed by atoms with Crippen LogP contribution < -0.4 is 5.32 Å². The van der Waals surface area contributed by atoms with Gasteiger partial charge < -0.3 is 5.32 Å². The number of hydrogen-bond acceptors (Lipinski definition) is 5. The number of anilines is 2. The Labute approximate surface area is 104 Å². The summed E-state index contributed by atoms with van der Waals surface area (Å²) in [5, 5.41) is 12.0. The van der Waals surface area contributed by atoms with Gasteiger partial charge in [0.2, 0.25) is 0 Å². The fourth-order valence-corrected chi connectivity index (χ4v) is 1.73. The van der Waals surface area contributed by atoms with Gasteiger partial charge in [0.1, 0.15) is 18.0 Å². The summed E-state index contributed by atoms with van der Waals surface area (Å²) in [4.78, 5) is 9.04. The third-order valence-corrected chi connectivity index (χ3v) is 2.93. The molecule has 0 aliphatic carbocycles. The van der Waals surface area contributed by atoms with Crippen LogP contribution in [0.15, 0.2) is 41.7 Å². The highest BCUT2D eigenvalue weighted by molar-refractivity contribution is 7.98. The molecule has 4 nitrogen and oxygen atoms in total. The standard InChI is InChI=1S/C12H10N4S/c1-17-11-4-2-10(3-5-11)16-12-9(6-13)7-14-8-15-12/h2-5,7-8H,1H3,(H,14,15,16). The van der Waals surface area contributed by atoms with Gasteiger partial charge in [0, 0.05) is 10.6 Å². The monoisotopic (exact) mass is 242 g/mol. The number of benzene rings is 1. The molecule has 0 fully saturated rings. The molecule has 1 N–H and O–H groups in total. The number of thioether (sulfide) groups is 1. The minimum atomic E-state index is 0.432. The fraction of sp³-hybridized carbons (Fsp3) is 0.0833. The van der Waals surface area contributed by atoms with Crippen LogP contribution in [0.1, 0.15) is 5.56 Å². The van der Waals surface area contributed by atoms with Gasteiger partial charge in [-0.25, -0.2) is 9.97 Å². The first-order valence-corrected chi connectivity index (χ1v) is 6.17. The van der Waals surface area contributed by atoms with E-state index in [9.17, 15) is 0 Å². The van der Waals surface area contributed by atoms with Crippen LogP contribution in [0.3, 0.4) is 0 Å². The summed E-state index contributed by atoms with van der Waals surface area (Å²) in [6.45, 7) is 0. The maximum Gasteiger partial charge on any atom is 0.151 e. The lowest BCUT2D eigenvalue weighted by Crippen LogP contribution is -1.97. The topological polar surface area (TPSA) is 61.6 Å². The second-order valence-corrected chi connectivity index (χ2v) is 4.13. The Morgan fingerprint density at radius 1 is 1.29 bits per heavy atom. The van der Waals surface area contributed by atoms with E-state index in [4.69, 9.17) is 5.26 Å². The van der Waals surface area contributed by atoms with E-state index in [1.54, 1.807) is 11.8 Å². The molecule has 0 aliphatic rings. The Kier molecular flexibility index (Phi) is 3.58. The highest BCUT2D eigenvalue weighted by Gasteiger charge is 2.03. The summed E-state index contributed by atoms with van der Waals surface area (Å²) in [5.41, 5.74) is 1.33. The van der Waals surface area contributed by atoms with Crippen molar-refractivity contribution in [1.82, 2.24) is 9.97 Å². The van der Waals surface area contributed by atoms with Crippen LogP contribution in [0.2, 0.25) is 0 Å². The molecule has 0 radical (unpaired) electrons. The number of nitriles is 1. The Morgan fingerprint density at radius 3 is 2.71 bits per heavy atom. The van der Waals surface area contributed by atoms with E-state index in [0.29, 0.717) is 11.4 Å². The normalized spacial score (nSPS) is 9.65. The lowest BCUT2D eigenvalue weighted by atomic mass is 10.3. The number of aromatic nitrogens is 2. The van der Waals surface area contributed by atoms with Gasteiger partial charge in [-0.1, -0.05) is 0 Å². The zero-order valence-electron chi connectivity index (χ0n) is 9.21. The highest BCUT2D eigenvalue weighted by Crippen LogP contribution is 2.21. The second-order valence-electron chi connectivity index (χ2n) is 3.25. The Balaban J connectivity index is 2.23. The molecule has 0 aliphatic heterocycles. The predicted molar refractivity (Wildman–Crippen MR) is 68.3 cm³/mol.